The average Bonchev–Trinajstić information content (AvgIpc) is 3.13. The van der Waals surface area contributed by atoms with E-state index in [1.165, 1.54) is 7.11 Å². The molecule has 0 bridgehead atoms. The lowest BCUT2D eigenvalue weighted by atomic mass is 10.1. The number of nitrogens with one attached hydrogen (secondary N) is 1. The first-order chi connectivity index (χ1) is 15.1. The molecule has 0 aliphatic heterocycles. The van der Waals surface area contributed by atoms with Crippen molar-refractivity contribution in [2.75, 3.05) is 12.4 Å². The number of nitrogens with zero attached hydrogens (tertiary/aromatic N) is 3. The highest BCUT2D eigenvalue weighted by atomic mass is 35.5. The number of hydrogen-bond acceptors (Lipinski definition) is 4. The van der Waals surface area contributed by atoms with Gasteiger partial charge in [-0.25, -0.2) is 4.68 Å². The van der Waals surface area contributed by atoms with Crippen LogP contribution in [0.25, 0.3) is 16.9 Å². The summed E-state index contributed by atoms with van der Waals surface area (Å²) in [5, 5.41) is 8.57. The minimum absolute atomic E-state index is 0.110. The standard InChI is InChI=1S/C23H18Cl2N4O2/c1-31-22-21(15-9-11-16(24)12-10-15)29(19-8-3-2-7-18(19)25)28-23(22)27-20(30)14-17-6-4-5-13-26-17/h2-13H,14H2,1H3,(H,27,28,30). The average molecular weight is 453 g/mol. The van der Waals surface area contributed by atoms with Crippen LogP contribution in [-0.4, -0.2) is 27.8 Å². The fourth-order valence-corrected chi connectivity index (χ4v) is 3.52. The van der Waals surface area contributed by atoms with Gasteiger partial charge in [0.25, 0.3) is 0 Å². The molecule has 2 aromatic carbocycles. The first kappa shape index (κ1) is 20.9. The molecule has 0 radical (unpaired) electrons. The Morgan fingerprint density at radius 1 is 1.03 bits per heavy atom. The van der Waals surface area contributed by atoms with Crippen LogP contribution in [0.1, 0.15) is 5.69 Å². The highest BCUT2D eigenvalue weighted by molar-refractivity contribution is 6.32. The van der Waals surface area contributed by atoms with E-state index in [0.717, 1.165) is 5.56 Å². The molecule has 0 spiro atoms. The maximum absolute atomic E-state index is 12.7. The number of rotatable bonds is 6. The highest BCUT2D eigenvalue weighted by Gasteiger charge is 2.24. The maximum Gasteiger partial charge on any atom is 0.231 e. The lowest BCUT2D eigenvalue weighted by molar-refractivity contribution is -0.115. The van der Waals surface area contributed by atoms with Gasteiger partial charge in [0.05, 0.1) is 24.2 Å². The van der Waals surface area contributed by atoms with Gasteiger partial charge in [-0.2, -0.15) is 0 Å². The van der Waals surface area contributed by atoms with Gasteiger partial charge in [-0.05, 0) is 36.4 Å². The third kappa shape index (κ3) is 4.55. The zero-order valence-corrected chi connectivity index (χ0v) is 18.1. The number of halogens is 2. The Labute approximate surface area is 189 Å². The van der Waals surface area contributed by atoms with Gasteiger partial charge in [-0.3, -0.25) is 9.78 Å². The monoisotopic (exact) mass is 452 g/mol. The Kier molecular flexibility index (Phi) is 6.21. The number of amides is 1. The van der Waals surface area contributed by atoms with Gasteiger partial charge in [0.1, 0.15) is 5.69 Å². The van der Waals surface area contributed by atoms with Crippen molar-refractivity contribution >= 4 is 34.9 Å². The second-order valence-electron chi connectivity index (χ2n) is 6.65. The molecule has 8 heteroatoms. The van der Waals surface area contributed by atoms with Crippen LogP contribution >= 0.6 is 23.2 Å². The third-order valence-corrected chi connectivity index (χ3v) is 5.14. The number of carbonyl (C=O) groups is 1. The smallest absolute Gasteiger partial charge is 0.231 e. The molecule has 4 rings (SSSR count). The molecule has 6 nitrogen and oxygen atoms in total. The van der Waals surface area contributed by atoms with E-state index in [-0.39, 0.29) is 18.1 Å². The minimum atomic E-state index is -0.261. The third-order valence-electron chi connectivity index (χ3n) is 4.57. The summed E-state index contributed by atoms with van der Waals surface area (Å²) in [4.78, 5) is 16.8. The van der Waals surface area contributed by atoms with E-state index in [4.69, 9.17) is 27.9 Å². The van der Waals surface area contributed by atoms with Crippen LogP contribution in [0.5, 0.6) is 5.75 Å². The molecule has 0 aliphatic rings. The van der Waals surface area contributed by atoms with E-state index in [1.54, 1.807) is 41.2 Å². The summed E-state index contributed by atoms with van der Waals surface area (Å²) in [5.74, 6) is 0.438. The van der Waals surface area contributed by atoms with Crippen LogP contribution < -0.4 is 10.1 Å². The number of hydrogen-bond donors (Lipinski definition) is 1. The normalized spacial score (nSPS) is 10.7. The van der Waals surface area contributed by atoms with E-state index in [0.29, 0.717) is 32.9 Å². The van der Waals surface area contributed by atoms with Crippen LogP contribution in [-0.2, 0) is 11.2 Å². The highest BCUT2D eigenvalue weighted by Crippen LogP contribution is 2.39. The van der Waals surface area contributed by atoms with Crippen molar-refractivity contribution in [3.63, 3.8) is 0 Å². The van der Waals surface area contributed by atoms with Gasteiger partial charge >= 0.3 is 0 Å². The van der Waals surface area contributed by atoms with Gasteiger partial charge in [0, 0.05) is 22.5 Å². The Hall–Kier alpha value is -3.35. The topological polar surface area (TPSA) is 69.0 Å². The van der Waals surface area contributed by atoms with Crippen LogP contribution in [0.15, 0.2) is 72.9 Å². The second-order valence-corrected chi connectivity index (χ2v) is 7.49. The molecule has 2 heterocycles. The summed E-state index contributed by atoms with van der Waals surface area (Å²) < 4.78 is 7.32. The van der Waals surface area contributed by atoms with E-state index in [1.807, 2.05) is 36.4 Å². The summed E-state index contributed by atoms with van der Waals surface area (Å²) >= 11 is 12.5. The van der Waals surface area contributed by atoms with Crippen molar-refractivity contribution in [2.45, 2.75) is 6.42 Å². The second kappa shape index (κ2) is 9.20. The summed E-state index contributed by atoms with van der Waals surface area (Å²) in [5.41, 5.74) is 2.75. The molecule has 2 aromatic heterocycles. The maximum atomic E-state index is 12.7. The molecule has 0 fully saturated rings. The lowest BCUT2D eigenvalue weighted by Crippen LogP contribution is -2.16. The van der Waals surface area contributed by atoms with Gasteiger partial charge in [-0.1, -0.05) is 53.5 Å². The number of methoxy groups -OCH3 is 1. The number of anilines is 1. The van der Waals surface area contributed by atoms with E-state index in [2.05, 4.69) is 15.4 Å². The van der Waals surface area contributed by atoms with Gasteiger partial charge in [0.2, 0.25) is 5.91 Å². The number of benzene rings is 2. The van der Waals surface area contributed by atoms with Crippen molar-refractivity contribution in [2.24, 2.45) is 0 Å². The molecule has 0 saturated heterocycles. The quantitative estimate of drug-likeness (QED) is 0.423. The zero-order chi connectivity index (χ0) is 21.8. The Bertz CT molecular complexity index is 1210. The molecule has 1 N–H and O–H groups in total. The summed E-state index contributed by atoms with van der Waals surface area (Å²) in [6.07, 6.45) is 1.76. The van der Waals surface area contributed by atoms with E-state index in [9.17, 15) is 4.79 Å². The molecule has 1 amide bonds. The van der Waals surface area contributed by atoms with Crippen molar-refractivity contribution in [3.05, 3.63) is 88.7 Å². The van der Waals surface area contributed by atoms with Gasteiger partial charge in [-0.15, -0.1) is 5.10 Å². The predicted molar refractivity (Wildman–Crippen MR) is 122 cm³/mol. The Morgan fingerprint density at radius 3 is 2.45 bits per heavy atom. The van der Waals surface area contributed by atoms with Crippen LogP contribution in [0, 0.1) is 0 Å². The van der Waals surface area contributed by atoms with Gasteiger partial charge in [0.15, 0.2) is 11.6 Å². The molecular weight excluding hydrogens is 435 g/mol. The van der Waals surface area contributed by atoms with Gasteiger partial charge < -0.3 is 10.1 Å². The summed E-state index contributed by atoms with van der Waals surface area (Å²) in [6, 6.07) is 20.0. The van der Waals surface area contributed by atoms with Crippen molar-refractivity contribution < 1.29 is 9.53 Å². The Balaban J connectivity index is 1.79. The van der Waals surface area contributed by atoms with Crippen molar-refractivity contribution in [3.8, 4) is 22.7 Å². The summed E-state index contributed by atoms with van der Waals surface area (Å²) in [7, 11) is 1.53. The van der Waals surface area contributed by atoms with Crippen LogP contribution in [0.3, 0.4) is 0 Å². The number of aromatic nitrogens is 3. The predicted octanol–water partition coefficient (Wildman–Crippen LogP) is 5.43. The van der Waals surface area contributed by atoms with E-state index < -0.39 is 0 Å². The van der Waals surface area contributed by atoms with Crippen molar-refractivity contribution in [1.82, 2.24) is 14.8 Å². The zero-order valence-electron chi connectivity index (χ0n) is 16.5. The molecule has 31 heavy (non-hydrogen) atoms. The molecule has 0 atom stereocenters. The largest absolute Gasteiger partial charge is 0.491 e. The molecule has 0 unspecified atom stereocenters. The minimum Gasteiger partial charge on any atom is -0.491 e. The number of ether oxygens (including phenoxy) is 1. The SMILES string of the molecule is COc1c(NC(=O)Cc2ccccn2)nn(-c2ccccc2Cl)c1-c1ccc(Cl)cc1. The molecular formula is C23H18Cl2N4O2. The molecule has 156 valence electrons. The Morgan fingerprint density at radius 2 is 1.77 bits per heavy atom. The number of carbonyl (C=O) groups excluding carboxylic acids is 1. The van der Waals surface area contributed by atoms with Crippen molar-refractivity contribution in [1.29, 1.82) is 0 Å². The number of para-hydroxylation sites is 1. The molecule has 0 aliphatic carbocycles. The number of pyridine rings is 1. The molecule has 0 saturated carbocycles. The van der Waals surface area contributed by atoms with Crippen LogP contribution in [0.4, 0.5) is 5.82 Å². The van der Waals surface area contributed by atoms with E-state index >= 15 is 0 Å². The summed E-state index contributed by atoms with van der Waals surface area (Å²) in [6.45, 7) is 0. The fraction of sp³-hybridized carbons (Fsp3) is 0.0870. The van der Waals surface area contributed by atoms with Crippen LogP contribution in [0.2, 0.25) is 10.0 Å². The first-order valence-corrected chi connectivity index (χ1v) is 10.2. The lowest BCUT2D eigenvalue weighted by Gasteiger charge is -2.10. The molecule has 4 aromatic rings. The first-order valence-electron chi connectivity index (χ1n) is 9.44. The fourth-order valence-electron chi connectivity index (χ4n) is 3.18.